The fourth-order valence-electron chi connectivity index (χ4n) is 3.02. The Morgan fingerprint density at radius 2 is 1.92 bits per heavy atom. The number of carbonyl (C=O) groups is 1. The quantitative estimate of drug-likeness (QED) is 0.804. The maximum Gasteiger partial charge on any atom is 0.257 e. The lowest BCUT2D eigenvalue weighted by molar-refractivity contribution is -0.123. The zero-order valence-corrected chi connectivity index (χ0v) is 16.0. The predicted molar refractivity (Wildman–Crippen MR) is 103 cm³/mol. The van der Waals surface area contributed by atoms with E-state index < -0.39 is 0 Å². The highest BCUT2D eigenvalue weighted by atomic mass is 79.9. The second-order valence-electron chi connectivity index (χ2n) is 6.38. The number of hydrogen-bond donors (Lipinski definition) is 1. The van der Waals surface area contributed by atoms with Crippen LogP contribution < -0.4 is 10.1 Å². The molecule has 1 heterocycles. The van der Waals surface area contributed by atoms with E-state index in [-0.39, 0.29) is 12.5 Å². The summed E-state index contributed by atoms with van der Waals surface area (Å²) in [6.07, 6.45) is 1.07. The molecular formula is C20H23BrN2O2. The predicted octanol–water partition coefficient (Wildman–Crippen LogP) is 3.39. The van der Waals surface area contributed by atoms with Gasteiger partial charge in [-0.1, -0.05) is 40.2 Å². The number of rotatable bonds is 6. The number of benzene rings is 2. The van der Waals surface area contributed by atoms with Crippen molar-refractivity contribution in [3.63, 3.8) is 0 Å². The maximum absolute atomic E-state index is 12.0. The zero-order chi connectivity index (χ0) is 17.6. The van der Waals surface area contributed by atoms with Crippen LogP contribution in [0, 0.1) is 0 Å². The van der Waals surface area contributed by atoms with E-state index in [0.29, 0.717) is 18.3 Å². The third-order valence-electron chi connectivity index (χ3n) is 4.56. The van der Waals surface area contributed by atoms with Crippen molar-refractivity contribution >= 4 is 21.8 Å². The van der Waals surface area contributed by atoms with E-state index in [1.54, 1.807) is 0 Å². The number of amides is 1. The van der Waals surface area contributed by atoms with Gasteiger partial charge >= 0.3 is 0 Å². The molecule has 25 heavy (non-hydrogen) atoms. The van der Waals surface area contributed by atoms with Crippen molar-refractivity contribution in [1.82, 2.24) is 10.2 Å². The maximum atomic E-state index is 12.0. The smallest absolute Gasteiger partial charge is 0.257 e. The Labute approximate surface area is 157 Å². The van der Waals surface area contributed by atoms with Crippen LogP contribution in [0.3, 0.4) is 0 Å². The summed E-state index contributed by atoms with van der Waals surface area (Å²) in [6, 6.07) is 16.4. The lowest BCUT2D eigenvalue weighted by atomic mass is 9.99. The molecule has 0 radical (unpaired) electrons. The van der Waals surface area contributed by atoms with E-state index >= 15 is 0 Å². The molecule has 132 valence electrons. The molecule has 2 aromatic carbocycles. The summed E-state index contributed by atoms with van der Waals surface area (Å²) in [5.41, 5.74) is 2.84. The highest BCUT2D eigenvalue weighted by Crippen LogP contribution is 2.20. The van der Waals surface area contributed by atoms with Crippen molar-refractivity contribution in [2.24, 2.45) is 0 Å². The number of fused-ring (bicyclic) bond motifs is 1. The Hall–Kier alpha value is -1.85. The van der Waals surface area contributed by atoms with Gasteiger partial charge in [0.2, 0.25) is 0 Å². The lowest BCUT2D eigenvalue weighted by Gasteiger charge is -2.33. The van der Waals surface area contributed by atoms with Crippen molar-refractivity contribution in [3.8, 4) is 5.75 Å². The molecule has 4 nitrogen and oxygen atoms in total. The SMILES string of the molecule is C[C@@H](CNC(=O)COc1ccc(Br)cc1)N1CCc2ccccc2C1. The minimum atomic E-state index is -0.0906. The molecule has 0 aliphatic carbocycles. The summed E-state index contributed by atoms with van der Waals surface area (Å²) < 4.78 is 6.49. The Morgan fingerprint density at radius 1 is 1.20 bits per heavy atom. The molecule has 0 saturated carbocycles. The van der Waals surface area contributed by atoms with Crippen molar-refractivity contribution in [1.29, 1.82) is 0 Å². The van der Waals surface area contributed by atoms with Gasteiger partial charge in [-0.15, -0.1) is 0 Å². The lowest BCUT2D eigenvalue weighted by Crippen LogP contribution is -2.45. The molecule has 0 spiro atoms. The molecule has 1 aliphatic rings. The van der Waals surface area contributed by atoms with Crippen LogP contribution in [0.1, 0.15) is 18.1 Å². The fourth-order valence-corrected chi connectivity index (χ4v) is 3.28. The molecule has 0 saturated heterocycles. The van der Waals surface area contributed by atoms with Crippen LogP contribution in [0.25, 0.3) is 0 Å². The van der Waals surface area contributed by atoms with Gasteiger partial charge < -0.3 is 10.1 Å². The van der Waals surface area contributed by atoms with Crippen LogP contribution in [0.5, 0.6) is 5.75 Å². The molecule has 3 rings (SSSR count). The molecule has 1 atom stereocenters. The van der Waals surface area contributed by atoms with Crippen LogP contribution in [0.2, 0.25) is 0 Å². The molecular weight excluding hydrogens is 380 g/mol. The number of carbonyl (C=O) groups excluding carboxylic acids is 1. The van der Waals surface area contributed by atoms with Crippen molar-refractivity contribution in [3.05, 3.63) is 64.1 Å². The minimum absolute atomic E-state index is 0.0389. The topological polar surface area (TPSA) is 41.6 Å². The second-order valence-corrected chi connectivity index (χ2v) is 7.30. The fraction of sp³-hybridized carbons (Fsp3) is 0.350. The van der Waals surface area contributed by atoms with Gasteiger partial charge in [0.05, 0.1) is 0 Å². The van der Waals surface area contributed by atoms with Gasteiger partial charge in [-0.25, -0.2) is 0 Å². The molecule has 0 fully saturated rings. The summed E-state index contributed by atoms with van der Waals surface area (Å²) in [7, 11) is 0. The monoisotopic (exact) mass is 402 g/mol. The van der Waals surface area contributed by atoms with Crippen LogP contribution in [-0.2, 0) is 17.8 Å². The highest BCUT2D eigenvalue weighted by molar-refractivity contribution is 9.10. The summed E-state index contributed by atoms with van der Waals surface area (Å²) in [5, 5.41) is 2.97. The highest BCUT2D eigenvalue weighted by Gasteiger charge is 2.20. The van der Waals surface area contributed by atoms with Crippen LogP contribution in [0.15, 0.2) is 53.0 Å². The molecule has 5 heteroatoms. The van der Waals surface area contributed by atoms with Gasteiger partial charge in [0.1, 0.15) is 5.75 Å². The van der Waals surface area contributed by atoms with Crippen molar-refractivity contribution < 1.29 is 9.53 Å². The van der Waals surface area contributed by atoms with E-state index in [0.717, 1.165) is 24.0 Å². The number of ether oxygens (including phenoxy) is 1. The Kier molecular flexibility index (Phi) is 6.10. The van der Waals surface area contributed by atoms with E-state index in [4.69, 9.17) is 4.74 Å². The second kappa shape index (κ2) is 8.50. The van der Waals surface area contributed by atoms with Crippen LogP contribution in [-0.4, -0.2) is 36.5 Å². The van der Waals surface area contributed by atoms with Crippen molar-refractivity contribution in [2.45, 2.75) is 25.9 Å². The molecule has 2 aromatic rings. The van der Waals surface area contributed by atoms with Crippen LogP contribution >= 0.6 is 15.9 Å². The Morgan fingerprint density at radius 3 is 2.68 bits per heavy atom. The Balaban J connectivity index is 1.42. The summed E-state index contributed by atoms with van der Waals surface area (Å²) >= 11 is 3.37. The van der Waals surface area contributed by atoms with E-state index in [9.17, 15) is 4.79 Å². The van der Waals surface area contributed by atoms with E-state index in [1.807, 2.05) is 24.3 Å². The number of nitrogens with one attached hydrogen (secondary N) is 1. The first-order valence-electron chi connectivity index (χ1n) is 8.58. The summed E-state index contributed by atoms with van der Waals surface area (Å²) in [4.78, 5) is 14.4. The molecule has 0 unspecified atom stereocenters. The van der Waals surface area contributed by atoms with Gasteiger partial charge in [-0.3, -0.25) is 9.69 Å². The normalized spacial score (nSPS) is 15.3. The van der Waals surface area contributed by atoms with Crippen LogP contribution in [0.4, 0.5) is 0 Å². The number of nitrogens with zero attached hydrogens (tertiary/aromatic N) is 1. The molecule has 1 N–H and O–H groups in total. The first-order valence-corrected chi connectivity index (χ1v) is 9.37. The summed E-state index contributed by atoms with van der Waals surface area (Å²) in [5.74, 6) is 0.603. The number of hydrogen-bond acceptors (Lipinski definition) is 3. The van der Waals surface area contributed by atoms with Gasteiger partial charge in [-0.2, -0.15) is 0 Å². The average Bonchev–Trinajstić information content (AvgIpc) is 2.65. The van der Waals surface area contributed by atoms with Gasteiger partial charge in [0, 0.05) is 30.1 Å². The molecule has 0 bridgehead atoms. The van der Waals surface area contributed by atoms with Crippen molar-refractivity contribution in [2.75, 3.05) is 19.7 Å². The molecule has 0 aromatic heterocycles. The number of halogens is 1. The first-order chi connectivity index (χ1) is 12.1. The van der Waals surface area contributed by atoms with Gasteiger partial charge in [0.15, 0.2) is 6.61 Å². The third-order valence-corrected chi connectivity index (χ3v) is 5.09. The largest absolute Gasteiger partial charge is 0.484 e. The standard InChI is InChI=1S/C20H23BrN2O2/c1-15(23-11-10-16-4-2-3-5-17(16)13-23)12-22-20(24)14-25-19-8-6-18(21)7-9-19/h2-9,15H,10-14H2,1H3,(H,22,24)/t15-/m0/s1. The van der Waals surface area contributed by atoms with E-state index in [2.05, 4.69) is 57.3 Å². The summed E-state index contributed by atoms with van der Waals surface area (Å²) in [6.45, 7) is 4.80. The first kappa shape index (κ1) is 18.0. The molecule has 1 amide bonds. The Bertz CT molecular complexity index is 718. The average molecular weight is 403 g/mol. The minimum Gasteiger partial charge on any atom is -0.484 e. The molecule has 1 aliphatic heterocycles. The third kappa shape index (κ3) is 5.06. The van der Waals surface area contributed by atoms with Gasteiger partial charge in [0.25, 0.3) is 5.91 Å². The zero-order valence-electron chi connectivity index (χ0n) is 14.4. The van der Waals surface area contributed by atoms with E-state index in [1.165, 1.54) is 11.1 Å². The van der Waals surface area contributed by atoms with Gasteiger partial charge in [-0.05, 0) is 48.7 Å².